The van der Waals surface area contributed by atoms with Crippen LogP contribution >= 0.6 is 0 Å². The number of aromatic nitrogens is 5. The van der Waals surface area contributed by atoms with Gasteiger partial charge in [0.2, 0.25) is 0 Å². The highest BCUT2D eigenvalue weighted by Crippen LogP contribution is 2.24. The number of hydrogen-bond donors (Lipinski definition) is 2. The average molecular weight is 451 g/mol. The van der Waals surface area contributed by atoms with Crippen molar-refractivity contribution in [2.45, 2.75) is 46.3 Å². The number of rotatable bonds is 8. The van der Waals surface area contributed by atoms with Crippen LogP contribution in [-0.2, 0) is 19.6 Å². The van der Waals surface area contributed by atoms with Crippen LogP contribution in [0.15, 0.2) is 50.6 Å². The minimum atomic E-state index is -0.747. The molecule has 3 heterocycles. The van der Waals surface area contributed by atoms with Crippen molar-refractivity contribution in [2.24, 2.45) is 0 Å². The van der Waals surface area contributed by atoms with Gasteiger partial charge in [-0.1, -0.05) is 18.6 Å². The van der Waals surface area contributed by atoms with Crippen LogP contribution in [0.5, 0.6) is 0 Å². The Bertz CT molecular complexity index is 1400. The predicted octanol–water partition coefficient (Wildman–Crippen LogP) is 2.12. The molecule has 11 heteroatoms. The van der Waals surface area contributed by atoms with Gasteiger partial charge in [0.05, 0.1) is 18.3 Å². The molecule has 0 fully saturated rings. The van der Waals surface area contributed by atoms with E-state index in [4.69, 9.17) is 10.2 Å². The summed E-state index contributed by atoms with van der Waals surface area (Å²) in [5, 5.41) is 8.19. The summed E-state index contributed by atoms with van der Waals surface area (Å²) < 4.78 is 8.41. The molecule has 0 spiro atoms. The average Bonchev–Trinajstić information content (AvgIpc) is 3.46. The summed E-state index contributed by atoms with van der Waals surface area (Å²) in [5.41, 5.74) is 6.44. The molecule has 3 aromatic heterocycles. The van der Waals surface area contributed by atoms with Crippen molar-refractivity contribution in [1.29, 1.82) is 0 Å². The molecule has 11 nitrogen and oxygen atoms in total. The van der Waals surface area contributed by atoms with Gasteiger partial charge in [0.15, 0.2) is 5.69 Å². The zero-order valence-corrected chi connectivity index (χ0v) is 18.4. The Kier molecular flexibility index (Phi) is 6.11. The van der Waals surface area contributed by atoms with Gasteiger partial charge in [-0.25, -0.2) is 9.48 Å². The maximum atomic E-state index is 13.6. The third-order valence-corrected chi connectivity index (χ3v) is 5.42. The number of anilines is 2. The first-order valence-electron chi connectivity index (χ1n) is 10.7. The first kappa shape index (κ1) is 22.1. The van der Waals surface area contributed by atoms with Crippen molar-refractivity contribution in [1.82, 2.24) is 24.5 Å². The van der Waals surface area contributed by atoms with Crippen molar-refractivity contribution in [3.8, 4) is 0 Å². The summed E-state index contributed by atoms with van der Waals surface area (Å²) in [5.74, 6) is -0.112. The number of nitrogens with two attached hydrogens (primary N) is 1. The van der Waals surface area contributed by atoms with E-state index in [0.717, 1.165) is 11.9 Å². The summed E-state index contributed by atoms with van der Waals surface area (Å²) in [4.78, 5) is 42.4. The predicted molar refractivity (Wildman–Crippen MR) is 123 cm³/mol. The molecule has 0 saturated carbocycles. The molecule has 0 radical (unpaired) electrons. The van der Waals surface area contributed by atoms with E-state index in [1.54, 1.807) is 35.0 Å². The zero-order valence-electron chi connectivity index (χ0n) is 18.4. The molecular weight excluding hydrogens is 426 g/mol. The van der Waals surface area contributed by atoms with Crippen LogP contribution in [-0.4, -0.2) is 30.5 Å². The summed E-state index contributed by atoms with van der Waals surface area (Å²) >= 11 is 0. The number of benzene rings is 1. The standard InChI is InChI=1S/C22H25N7O4/c1-3-5-10-27-19(23)18(20(30)24-22(27)32)28(13-15-7-6-11-33-15)21(31)14-8-9-17-16(12-14)25-26-29(17)4-2/h6-9,11-12H,3-5,10,13,23H2,1-2H3,(H,24,30,32). The van der Waals surface area contributed by atoms with Gasteiger partial charge in [0.1, 0.15) is 17.1 Å². The quantitative estimate of drug-likeness (QED) is 0.417. The first-order chi connectivity index (χ1) is 15.9. The van der Waals surface area contributed by atoms with Gasteiger partial charge in [-0.2, -0.15) is 0 Å². The number of nitrogen functional groups attached to an aromatic ring is 1. The van der Waals surface area contributed by atoms with Gasteiger partial charge in [-0.3, -0.25) is 24.0 Å². The number of H-pyrrole nitrogens is 1. The minimum absolute atomic E-state index is 0.0508. The minimum Gasteiger partial charge on any atom is -0.467 e. The van der Waals surface area contributed by atoms with Gasteiger partial charge in [0.25, 0.3) is 11.5 Å². The Balaban J connectivity index is 1.83. The number of fused-ring (bicyclic) bond motifs is 1. The number of aryl methyl sites for hydroxylation is 1. The van der Waals surface area contributed by atoms with Gasteiger partial charge < -0.3 is 10.2 Å². The lowest BCUT2D eigenvalue weighted by Crippen LogP contribution is -2.41. The van der Waals surface area contributed by atoms with Crippen molar-refractivity contribution in [3.05, 3.63) is 68.8 Å². The number of unbranched alkanes of at least 4 members (excludes halogenated alkanes) is 1. The maximum absolute atomic E-state index is 13.6. The van der Waals surface area contributed by atoms with Gasteiger partial charge in [-0.15, -0.1) is 5.10 Å². The first-order valence-corrected chi connectivity index (χ1v) is 10.7. The van der Waals surface area contributed by atoms with E-state index in [0.29, 0.717) is 36.4 Å². The second kappa shape index (κ2) is 9.15. The summed E-state index contributed by atoms with van der Waals surface area (Å²) in [6.07, 6.45) is 2.99. The molecule has 172 valence electrons. The normalized spacial score (nSPS) is 11.2. The number of nitrogens with one attached hydrogen (secondary N) is 1. The molecule has 0 aliphatic carbocycles. The van der Waals surface area contributed by atoms with Gasteiger partial charge >= 0.3 is 5.69 Å². The molecule has 0 aliphatic rings. The lowest BCUT2D eigenvalue weighted by atomic mass is 10.1. The largest absolute Gasteiger partial charge is 0.467 e. The molecular formula is C22H25N7O4. The summed E-state index contributed by atoms with van der Waals surface area (Å²) in [7, 11) is 0. The molecule has 1 amide bonds. The smallest absolute Gasteiger partial charge is 0.330 e. The van der Waals surface area contributed by atoms with E-state index in [2.05, 4.69) is 15.3 Å². The number of carbonyl (C=O) groups excluding carboxylic acids is 1. The highest BCUT2D eigenvalue weighted by Gasteiger charge is 2.27. The van der Waals surface area contributed by atoms with Crippen molar-refractivity contribution < 1.29 is 9.21 Å². The second-order valence-corrected chi connectivity index (χ2v) is 7.58. The lowest BCUT2D eigenvalue weighted by Gasteiger charge is -2.24. The van der Waals surface area contributed by atoms with E-state index in [1.807, 2.05) is 13.8 Å². The molecule has 0 unspecified atom stereocenters. The van der Waals surface area contributed by atoms with Gasteiger partial charge in [-0.05, 0) is 43.7 Å². The number of nitrogens with zero attached hydrogens (tertiary/aromatic N) is 5. The molecule has 4 aromatic rings. The topological polar surface area (TPSA) is 145 Å². The van der Waals surface area contributed by atoms with Crippen LogP contribution in [0.2, 0.25) is 0 Å². The van der Waals surface area contributed by atoms with Crippen LogP contribution < -0.4 is 21.9 Å². The van der Waals surface area contributed by atoms with Crippen molar-refractivity contribution >= 4 is 28.4 Å². The number of aromatic amines is 1. The Morgan fingerprint density at radius 2 is 2.06 bits per heavy atom. The lowest BCUT2D eigenvalue weighted by molar-refractivity contribution is 0.0983. The maximum Gasteiger partial charge on any atom is 0.330 e. The third kappa shape index (κ3) is 4.16. The fraction of sp³-hybridized carbons (Fsp3) is 0.318. The van der Waals surface area contributed by atoms with Crippen molar-refractivity contribution in [3.63, 3.8) is 0 Å². The van der Waals surface area contributed by atoms with Crippen LogP contribution in [0.25, 0.3) is 11.0 Å². The number of amides is 1. The van der Waals surface area contributed by atoms with Crippen LogP contribution in [0, 0.1) is 0 Å². The Morgan fingerprint density at radius 3 is 2.76 bits per heavy atom. The highest BCUT2D eigenvalue weighted by molar-refractivity contribution is 6.08. The number of hydrogen-bond acceptors (Lipinski definition) is 7. The second-order valence-electron chi connectivity index (χ2n) is 7.58. The number of furan rings is 1. The molecule has 0 saturated heterocycles. The van der Waals surface area contributed by atoms with Crippen LogP contribution in [0.1, 0.15) is 42.8 Å². The SMILES string of the molecule is CCCCn1c(N)c(N(Cc2ccco2)C(=O)c2ccc3c(c2)nnn3CC)c(=O)[nH]c1=O. The Labute approximate surface area is 188 Å². The highest BCUT2D eigenvalue weighted by atomic mass is 16.3. The third-order valence-electron chi connectivity index (χ3n) is 5.42. The molecule has 0 bridgehead atoms. The van der Waals surface area contributed by atoms with Crippen LogP contribution in [0.4, 0.5) is 11.5 Å². The molecule has 0 aliphatic heterocycles. The summed E-state index contributed by atoms with van der Waals surface area (Å²) in [6, 6.07) is 8.39. The van der Waals surface area contributed by atoms with E-state index in [1.165, 1.54) is 15.7 Å². The molecule has 4 rings (SSSR count). The molecule has 0 atom stereocenters. The number of carbonyl (C=O) groups is 1. The van der Waals surface area contributed by atoms with Gasteiger partial charge in [0, 0.05) is 18.7 Å². The molecule has 1 aromatic carbocycles. The Hall–Kier alpha value is -4.15. The zero-order chi connectivity index (χ0) is 23.5. The van der Waals surface area contributed by atoms with E-state index < -0.39 is 17.2 Å². The fourth-order valence-corrected chi connectivity index (χ4v) is 3.68. The van der Waals surface area contributed by atoms with E-state index in [-0.39, 0.29) is 18.1 Å². The van der Waals surface area contributed by atoms with E-state index >= 15 is 0 Å². The molecule has 33 heavy (non-hydrogen) atoms. The fourth-order valence-electron chi connectivity index (χ4n) is 3.68. The van der Waals surface area contributed by atoms with Crippen LogP contribution in [0.3, 0.4) is 0 Å². The molecule has 3 N–H and O–H groups in total. The van der Waals surface area contributed by atoms with Crippen molar-refractivity contribution in [2.75, 3.05) is 10.6 Å². The van der Waals surface area contributed by atoms with E-state index in [9.17, 15) is 14.4 Å². The monoisotopic (exact) mass is 451 g/mol. The summed E-state index contributed by atoms with van der Waals surface area (Å²) in [6.45, 7) is 4.83. The Morgan fingerprint density at radius 1 is 1.24 bits per heavy atom.